The van der Waals surface area contributed by atoms with E-state index in [1.165, 1.54) is 25.8 Å². The maximum atomic E-state index is 3.64. The van der Waals surface area contributed by atoms with Gasteiger partial charge in [0.05, 0.1) is 0 Å². The van der Waals surface area contributed by atoms with Gasteiger partial charge in [0.1, 0.15) is 0 Å². The summed E-state index contributed by atoms with van der Waals surface area (Å²) in [7, 11) is 2.28. The number of hydrogen-bond acceptors (Lipinski definition) is 1. The van der Waals surface area contributed by atoms with Crippen molar-refractivity contribution in [2.75, 3.05) is 18.9 Å². The molecule has 1 saturated carbocycles. The van der Waals surface area contributed by atoms with E-state index < -0.39 is 0 Å². The van der Waals surface area contributed by atoms with Crippen molar-refractivity contribution in [1.82, 2.24) is 4.90 Å². The van der Waals surface area contributed by atoms with Crippen molar-refractivity contribution in [1.29, 1.82) is 0 Å². The molecular formula is C12H24BrN. The molecule has 0 saturated heterocycles. The SMILES string of the molecule is CN(CC(CBr)C(C)(C)C)C1CCC1. The average molecular weight is 262 g/mol. The third kappa shape index (κ3) is 3.23. The van der Waals surface area contributed by atoms with E-state index in [1.807, 2.05) is 0 Å². The van der Waals surface area contributed by atoms with E-state index in [4.69, 9.17) is 0 Å². The van der Waals surface area contributed by atoms with E-state index in [1.54, 1.807) is 0 Å². The summed E-state index contributed by atoms with van der Waals surface area (Å²) >= 11 is 3.64. The molecule has 0 aliphatic heterocycles. The second kappa shape index (κ2) is 4.98. The molecule has 1 rings (SSSR count). The molecule has 1 fully saturated rings. The minimum atomic E-state index is 0.418. The lowest BCUT2D eigenvalue weighted by atomic mass is 9.81. The molecule has 2 heteroatoms. The Morgan fingerprint density at radius 1 is 1.36 bits per heavy atom. The molecule has 1 atom stereocenters. The standard InChI is InChI=1S/C12H24BrN/c1-12(2,3)10(8-13)9-14(4)11-6-5-7-11/h10-11H,5-9H2,1-4H3. The van der Waals surface area contributed by atoms with Gasteiger partial charge in [-0.1, -0.05) is 43.1 Å². The lowest BCUT2D eigenvalue weighted by Gasteiger charge is -2.39. The Labute approximate surface area is 97.4 Å². The Morgan fingerprint density at radius 2 is 1.93 bits per heavy atom. The van der Waals surface area contributed by atoms with Gasteiger partial charge in [0, 0.05) is 17.9 Å². The van der Waals surface area contributed by atoms with Crippen LogP contribution < -0.4 is 0 Å². The summed E-state index contributed by atoms with van der Waals surface area (Å²) in [6.45, 7) is 8.26. The first-order chi connectivity index (χ1) is 6.45. The average Bonchev–Trinajstić information content (AvgIpc) is 1.94. The molecular weight excluding hydrogens is 238 g/mol. The first-order valence-electron chi connectivity index (χ1n) is 5.71. The molecule has 0 spiro atoms. The molecule has 0 bridgehead atoms. The minimum Gasteiger partial charge on any atom is -0.303 e. The highest BCUT2D eigenvalue weighted by molar-refractivity contribution is 9.09. The molecule has 1 aliphatic rings. The van der Waals surface area contributed by atoms with Crippen LogP contribution in [0.25, 0.3) is 0 Å². The molecule has 1 aliphatic carbocycles. The molecule has 1 unspecified atom stereocenters. The molecule has 0 aromatic carbocycles. The molecule has 0 amide bonds. The zero-order valence-corrected chi connectivity index (χ0v) is 11.6. The van der Waals surface area contributed by atoms with Gasteiger partial charge in [-0.15, -0.1) is 0 Å². The van der Waals surface area contributed by atoms with Crippen LogP contribution in [0.2, 0.25) is 0 Å². The highest BCUT2D eigenvalue weighted by Crippen LogP contribution is 2.31. The highest BCUT2D eigenvalue weighted by Gasteiger charge is 2.28. The lowest BCUT2D eigenvalue weighted by Crippen LogP contribution is -2.43. The van der Waals surface area contributed by atoms with E-state index in [0.29, 0.717) is 5.41 Å². The van der Waals surface area contributed by atoms with Crippen LogP contribution in [-0.2, 0) is 0 Å². The van der Waals surface area contributed by atoms with E-state index >= 15 is 0 Å². The molecule has 14 heavy (non-hydrogen) atoms. The molecule has 0 heterocycles. The molecule has 0 radical (unpaired) electrons. The van der Waals surface area contributed by atoms with Crippen LogP contribution in [0.5, 0.6) is 0 Å². The Balaban J connectivity index is 2.39. The number of alkyl halides is 1. The summed E-state index contributed by atoms with van der Waals surface area (Å²) in [6, 6.07) is 0.874. The van der Waals surface area contributed by atoms with Gasteiger partial charge < -0.3 is 4.90 Å². The molecule has 1 nitrogen and oxygen atoms in total. The van der Waals surface area contributed by atoms with Crippen LogP contribution in [-0.4, -0.2) is 29.9 Å². The molecule has 0 aromatic rings. The van der Waals surface area contributed by atoms with Crippen molar-refractivity contribution < 1.29 is 0 Å². The zero-order chi connectivity index (χ0) is 10.8. The number of nitrogens with zero attached hydrogens (tertiary/aromatic N) is 1. The smallest absolute Gasteiger partial charge is 0.00923 e. The van der Waals surface area contributed by atoms with E-state index in [-0.39, 0.29) is 0 Å². The van der Waals surface area contributed by atoms with Gasteiger partial charge in [-0.3, -0.25) is 0 Å². The molecule has 0 aromatic heterocycles. The third-order valence-corrected chi connectivity index (χ3v) is 4.40. The van der Waals surface area contributed by atoms with Crippen LogP contribution in [0.4, 0.5) is 0 Å². The first kappa shape index (κ1) is 12.5. The maximum absolute atomic E-state index is 3.64. The van der Waals surface area contributed by atoms with E-state index in [0.717, 1.165) is 17.3 Å². The summed E-state index contributed by atoms with van der Waals surface area (Å²) in [5.74, 6) is 0.757. The van der Waals surface area contributed by atoms with Gasteiger partial charge in [0.15, 0.2) is 0 Å². The van der Waals surface area contributed by atoms with Crippen LogP contribution in [0.1, 0.15) is 40.0 Å². The summed E-state index contributed by atoms with van der Waals surface area (Å²) in [6.07, 6.45) is 4.26. The second-order valence-corrected chi connectivity index (χ2v) is 6.39. The van der Waals surface area contributed by atoms with Gasteiger partial charge in [-0.25, -0.2) is 0 Å². The van der Waals surface area contributed by atoms with Crippen LogP contribution in [0.15, 0.2) is 0 Å². The lowest BCUT2D eigenvalue weighted by molar-refractivity contribution is 0.109. The summed E-state index contributed by atoms with van der Waals surface area (Å²) in [5, 5.41) is 1.12. The Hall–Kier alpha value is 0.440. The van der Waals surface area contributed by atoms with Crippen LogP contribution in [0, 0.1) is 11.3 Å². The minimum absolute atomic E-state index is 0.418. The van der Waals surface area contributed by atoms with Gasteiger partial charge in [-0.2, -0.15) is 0 Å². The first-order valence-corrected chi connectivity index (χ1v) is 6.83. The fourth-order valence-electron chi connectivity index (χ4n) is 1.88. The highest BCUT2D eigenvalue weighted by atomic mass is 79.9. The van der Waals surface area contributed by atoms with Crippen molar-refractivity contribution >= 4 is 15.9 Å². The van der Waals surface area contributed by atoms with Gasteiger partial charge >= 0.3 is 0 Å². The van der Waals surface area contributed by atoms with Crippen molar-refractivity contribution in [3.05, 3.63) is 0 Å². The predicted octanol–water partition coefficient (Wildman–Crippen LogP) is 3.53. The normalized spacial score (nSPS) is 21.0. The molecule has 84 valence electrons. The zero-order valence-electron chi connectivity index (χ0n) is 10.0. The number of hydrogen-bond donors (Lipinski definition) is 0. The summed E-state index contributed by atoms with van der Waals surface area (Å²) < 4.78 is 0. The van der Waals surface area contributed by atoms with Crippen LogP contribution in [0.3, 0.4) is 0 Å². The van der Waals surface area contributed by atoms with Crippen molar-refractivity contribution in [2.24, 2.45) is 11.3 Å². The van der Waals surface area contributed by atoms with Crippen molar-refractivity contribution in [3.8, 4) is 0 Å². The summed E-state index contributed by atoms with van der Waals surface area (Å²) in [5.41, 5.74) is 0.418. The van der Waals surface area contributed by atoms with E-state index in [9.17, 15) is 0 Å². The van der Waals surface area contributed by atoms with Crippen molar-refractivity contribution in [3.63, 3.8) is 0 Å². The van der Waals surface area contributed by atoms with Gasteiger partial charge in [0.2, 0.25) is 0 Å². The van der Waals surface area contributed by atoms with Crippen LogP contribution >= 0.6 is 15.9 Å². The largest absolute Gasteiger partial charge is 0.303 e. The quantitative estimate of drug-likeness (QED) is 0.700. The van der Waals surface area contributed by atoms with Gasteiger partial charge in [0.25, 0.3) is 0 Å². The number of halogens is 1. The number of rotatable bonds is 4. The topological polar surface area (TPSA) is 3.24 Å². The Kier molecular flexibility index (Phi) is 4.45. The monoisotopic (exact) mass is 261 g/mol. The fraction of sp³-hybridized carbons (Fsp3) is 1.00. The third-order valence-electron chi connectivity index (χ3n) is 3.62. The Morgan fingerprint density at radius 3 is 2.21 bits per heavy atom. The predicted molar refractivity (Wildman–Crippen MR) is 67.0 cm³/mol. The Bertz CT molecular complexity index is 170. The second-order valence-electron chi connectivity index (χ2n) is 5.74. The fourth-order valence-corrected chi connectivity index (χ4v) is 3.05. The van der Waals surface area contributed by atoms with Gasteiger partial charge in [-0.05, 0) is 31.2 Å². The summed E-state index contributed by atoms with van der Waals surface area (Å²) in [4.78, 5) is 2.56. The maximum Gasteiger partial charge on any atom is 0.00923 e. The van der Waals surface area contributed by atoms with E-state index in [2.05, 4.69) is 48.6 Å². The van der Waals surface area contributed by atoms with Crippen molar-refractivity contribution in [2.45, 2.75) is 46.1 Å². The molecule has 0 N–H and O–H groups in total.